The molecule has 1 atom stereocenters. The lowest BCUT2D eigenvalue weighted by molar-refractivity contribution is -0.693. The minimum atomic E-state index is -3.00. The third-order valence-corrected chi connectivity index (χ3v) is 1.73. The Hall–Kier alpha value is -1.06. The van der Waals surface area contributed by atoms with Crippen molar-refractivity contribution in [3.63, 3.8) is 0 Å². The molecule has 0 aliphatic heterocycles. The van der Waals surface area contributed by atoms with Gasteiger partial charge in [-0.15, -0.1) is 0 Å². The Balaban J connectivity index is 0.000000255. The van der Waals surface area contributed by atoms with Crippen LogP contribution in [0.2, 0.25) is 0 Å². The van der Waals surface area contributed by atoms with Gasteiger partial charge in [0.2, 0.25) is 6.33 Å². The first kappa shape index (κ1) is 12.9. The van der Waals surface area contributed by atoms with Crippen molar-refractivity contribution in [3.8, 4) is 0 Å². The lowest BCUT2D eigenvalue weighted by atomic mass is 10.7. The molecule has 0 amide bonds. The maximum absolute atomic E-state index is 9.38. The molecule has 0 N–H and O–H groups in total. The summed E-state index contributed by atoms with van der Waals surface area (Å²) >= 11 is 0. The molecule has 6 heteroatoms. The van der Waals surface area contributed by atoms with Gasteiger partial charge in [0, 0.05) is 0 Å². The zero-order chi connectivity index (χ0) is 11.0. The van der Waals surface area contributed by atoms with Crippen molar-refractivity contribution in [1.82, 2.24) is 4.57 Å². The van der Waals surface area contributed by atoms with Crippen LogP contribution in [0.4, 0.5) is 0 Å². The molecule has 0 saturated heterocycles. The van der Waals surface area contributed by atoms with Crippen LogP contribution in [0.25, 0.3) is 0 Å². The van der Waals surface area contributed by atoms with Gasteiger partial charge in [-0.1, -0.05) is 6.58 Å². The van der Waals surface area contributed by atoms with Gasteiger partial charge in [-0.25, -0.2) is 9.13 Å². The highest BCUT2D eigenvalue weighted by atomic mass is 31.1. The first-order chi connectivity index (χ1) is 6.60. The maximum atomic E-state index is 9.38. The summed E-state index contributed by atoms with van der Waals surface area (Å²) in [6.45, 7) is 6.19. The van der Waals surface area contributed by atoms with E-state index in [-0.39, 0.29) is 0 Å². The SMILES string of the molecule is C=CO[PH](=O)[O-].CC[n+]1ccn(C)c1. The summed E-state index contributed by atoms with van der Waals surface area (Å²) in [5, 5.41) is 0. The topological polar surface area (TPSA) is 58.2 Å². The zero-order valence-corrected chi connectivity index (χ0v) is 9.34. The van der Waals surface area contributed by atoms with Gasteiger partial charge in [-0.3, -0.25) is 4.57 Å². The van der Waals surface area contributed by atoms with Crippen LogP contribution in [-0.4, -0.2) is 4.57 Å². The first-order valence-electron chi connectivity index (χ1n) is 4.09. The molecule has 0 bridgehead atoms. The van der Waals surface area contributed by atoms with Crippen molar-refractivity contribution in [3.05, 3.63) is 31.6 Å². The Kier molecular flexibility index (Phi) is 6.80. The molecule has 0 radical (unpaired) electrons. The summed E-state index contributed by atoms with van der Waals surface area (Å²) < 4.78 is 17.3. The van der Waals surface area contributed by atoms with Crippen LogP contribution >= 0.6 is 8.25 Å². The predicted octanol–water partition coefficient (Wildman–Crippen LogP) is 0.229. The summed E-state index contributed by atoms with van der Waals surface area (Å²) in [6, 6.07) is 0. The normalized spacial score (nSPS) is 11.1. The van der Waals surface area contributed by atoms with Gasteiger partial charge in [0.1, 0.15) is 12.4 Å². The predicted molar refractivity (Wildman–Crippen MR) is 51.6 cm³/mol. The molecule has 0 aliphatic carbocycles. The molecule has 80 valence electrons. The number of nitrogens with zero attached hydrogens (tertiary/aromatic N) is 2. The molecule has 1 rings (SSSR count). The van der Waals surface area contributed by atoms with E-state index in [1.165, 1.54) is 0 Å². The van der Waals surface area contributed by atoms with Gasteiger partial charge in [0.05, 0.1) is 19.9 Å². The zero-order valence-electron chi connectivity index (χ0n) is 8.34. The second-order valence-corrected chi connectivity index (χ2v) is 3.18. The van der Waals surface area contributed by atoms with Crippen LogP contribution in [0.3, 0.4) is 0 Å². The van der Waals surface area contributed by atoms with E-state index < -0.39 is 8.25 Å². The minimum Gasteiger partial charge on any atom is -0.771 e. The second kappa shape index (κ2) is 7.35. The molecule has 0 saturated carbocycles. The van der Waals surface area contributed by atoms with Gasteiger partial charge in [0.15, 0.2) is 8.25 Å². The van der Waals surface area contributed by atoms with Gasteiger partial charge in [-0.2, -0.15) is 0 Å². The molecule has 0 fully saturated rings. The summed E-state index contributed by atoms with van der Waals surface area (Å²) in [5.41, 5.74) is 0. The molecule has 1 unspecified atom stereocenters. The number of aryl methyl sites for hydroxylation is 2. The Bertz CT molecular complexity index is 299. The van der Waals surface area contributed by atoms with Crippen molar-refractivity contribution in [2.75, 3.05) is 0 Å². The largest absolute Gasteiger partial charge is 0.771 e. The highest BCUT2D eigenvalue weighted by Crippen LogP contribution is 2.06. The van der Waals surface area contributed by atoms with E-state index in [0.29, 0.717) is 0 Å². The maximum Gasteiger partial charge on any atom is 0.243 e. The van der Waals surface area contributed by atoms with Gasteiger partial charge in [-0.05, 0) is 6.92 Å². The van der Waals surface area contributed by atoms with Crippen LogP contribution < -0.4 is 9.46 Å². The number of hydrogen-bond acceptors (Lipinski definition) is 3. The van der Waals surface area contributed by atoms with Crippen LogP contribution in [0.5, 0.6) is 0 Å². The molecule has 1 heterocycles. The highest BCUT2D eigenvalue weighted by Gasteiger charge is 1.92. The summed E-state index contributed by atoms with van der Waals surface area (Å²) in [4.78, 5) is 9.38. The minimum absolute atomic E-state index is 0.869. The van der Waals surface area contributed by atoms with Gasteiger partial charge in [0.25, 0.3) is 0 Å². The van der Waals surface area contributed by atoms with Crippen LogP contribution in [0, 0.1) is 0 Å². The molecule has 1 aromatic rings. The van der Waals surface area contributed by atoms with E-state index >= 15 is 0 Å². The number of hydrogen-bond donors (Lipinski definition) is 0. The molecule has 14 heavy (non-hydrogen) atoms. The first-order valence-corrected chi connectivity index (χ1v) is 5.32. The van der Waals surface area contributed by atoms with E-state index in [2.05, 4.69) is 35.1 Å². The third kappa shape index (κ3) is 6.46. The Morgan fingerprint density at radius 2 is 2.43 bits per heavy atom. The fourth-order valence-corrected chi connectivity index (χ4v) is 0.893. The van der Waals surface area contributed by atoms with E-state index in [1.807, 2.05) is 17.8 Å². The van der Waals surface area contributed by atoms with Crippen LogP contribution in [0.15, 0.2) is 31.6 Å². The fourth-order valence-electron chi connectivity index (χ4n) is 0.757. The quantitative estimate of drug-likeness (QED) is 0.414. The molecule has 1 aromatic heterocycles. The molecule has 0 aromatic carbocycles. The fraction of sp³-hybridized carbons (Fsp3) is 0.375. The van der Waals surface area contributed by atoms with Gasteiger partial charge >= 0.3 is 0 Å². The number of aromatic nitrogens is 2. The Labute approximate surface area is 84.2 Å². The lowest BCUT2D eigenvalue weighted by Crippen LogP contribution is -2.28. The number of rotatable bonds is 3. The van der Waals surface area contributed by atoms with Crippen molar-refractivity contribution in [2.24, 2.45) is 7.05 Å². The van der Waals surface area contributed by atoms with E-state index in [1.54, 1.807) is 0 Å². The van der Waals surface area contributed by atoms with Crippen molar-refractivity contribution < 1.29 is 18.5 Å². The third-order valence-electron chi connectivity index (χ3n) is 1.37. The van der Waals surface area contributed by atoms with E-state index in [9.17, 15) is 9.46 Å². The number of imidazole rings is 1. The summed E-state index contributed by atoms with van der Waals surface area (Å²) in [5.74, 6) is 0. The van der Waals surface area contributed by atoms with Crippen LogP contribution in [-0.2, 0) is 22.7 Å². The standard InChI is InChI=1S/C6H11N2.C2H5O3P/c1-3-8-5-4-7(2)6-8;1-2-5-6(3)4/h4-6H,3H2,1-2H3;2,6H,1H2,(H,3,4)/q+1;/p-1. The molecule has 0 spiro atoms. The summed E-state index contributed by atoms with van der Waals surface area (Å²) in [6.07, 6.45) is 7.01. The Morgan fingerprint density at radius 3 is 2.57 bits per heavy atom. The van der Waals surface area contributed by atoms with Gasteiger partial charge < -0.3 is 9.42 Å². The molecule has 5 nitrogen and oxygen atoms in total. The average Bonchev–Trinajstić information content (AvgIpc) is 2.52. The monoisotopic (exact) mass is 218 g/mol. The Morgan fingerprint density at radius 1 is 1.79 bits per heavy atom. The smallest absolute Gasteiger partial charge is 0.243 e. The average molecular weight is 218 g/mol. The van der Waals surface area contributed by atoms with Crippen molar-refractivity contribution in [2.45, 2.75) is 13.5 Å². The second-order valence-electron chi connectivity index (χ2n) is 2.44. The van der Waals surface area contributed by atoms with E-state index in [0.717, 1.165) is 12.8 Å². The van der Waals surface area contributed by atoms with Crippen LogP contribution in [0.1, 0.15) is 6.92 Å². The van der Waals surface area contributed by atoms with E-state index in [4.69, 9.17) is 0 Å². The van der Waals surface area contributed by atoms with Crippen molar-refractivity contribution >= 4 is 8.25 Å². The molecular formula is C8H15N2O3P. The molecule has 0 aliphatic rings. The molecular weight excluding hydrogens is 203 g/mol. The summed E-state index contributed by atoms with van der Waals surface area (Å²) in [7, 11) is -0.984. The highest BCUT2D eigenvalue weighted by molar-refractivity contribution is 7.30. The van der Waals surface area contributed by atoms with Crippen molar-refractivity contribution in [1.29, 1.82) is 0 Å². The lowest BCUT2D eigenvalue weighted by Gasteiger charge is -1.98.